The van der Waals surface area contributed by atoms with Crippen molar-refractivity contribution in [3.05, 3.63) is 100.0 Å². The van der Waals surface area contributed by atoms with Gasteiger partial charge >= 0.3 is 0 Å². The average molecular weight is 487 g/mol. The maximum Gasteiger partial charge on any atom is 0.266 e. The maximum atomic E-state index is 12.8. The highest BCUT2D eigenvalue weighted by Crippen LogP contribution is 2.34. The molecule has 3 aromatic rings. The number of hydrogen-bond donors (Lipinski definition) is 0. The summed E-state index contributed by atoms with van der Waals surface area (Å²) in [7, 11) is 1.61. The van der Waals surface area contributed by atoms with E-state index in [9.17, 15) is 24.6 Å². The van der Waals surface area contributed by atoms with Gasteiger partial charge in [-0.25, -0.2) is 4.99 Å². The number of para-hydroxylation sites is 1. The van der Waals surface area contributed by atoms with Crippen molar-refractivity contribution in [3.63, 3.8) is 0 Å². The molecule has 0 unspecified atom stereocenters. The number of aromatic carboxylic acids is 2. The van der Waals surface area contributed by atoms with E-state index in [1.165, 1.54) is 40.9 Å². The van der Waals surface area contributed by atoms with Gasteiger partial charge in [0.05, 0.1) is 22.5 Å². The summed E-state index contributed by atoms with van der Waals surface area (Å²) in [5, 5.41) is 22.3. The largest absolute Gasteiger partial charge is 0.545 e. The van der Waals surface area contributed by atoms with E-state index in [2.05, 4.69) is 4.99 Å². The minimum atomic E-state index is -1.27. The lowest BCUT2D eigenvalue weighted by Gasteiger charge is -2.10. The molecule has 1 aliphatic rings. The van der Waals surface area contributed by atoms with E-state index >= 15 is 0 Å². The first-order valence-corrected chi connectivity index (χ1v) is 11.2. The molecule has 1 fully saturated rings. The fraction of sp³-hybridized carbons (Fsp3) is 0.0769. The van der Waals surface area contributed by atoms with Crippen molar-refractivity contribution in [3.8, 4) is 5.75 Å². The Labute approximate surface area is 205 Å². The van der Waals surface area contributed by atoms with Gasteiger partial charge in [-0.2, -0.15) is 0 Å². The number of carboxylic acid groups (broad SMARTS) is 2. The number of carbonyl (C=O) groups excluding carboxylic acids is 3. The Balaban J connectivity index is 1.51. The summed E-state index contributed by atoms with van der Waals surface area (Å²) in [5.74, 6) is -2.18. The van der Waals surface area contributed by atoms with Crippen molar-refractivity contribution in [2.45, 2.75) is 6.61 Å². The zero-order valence-electron chi connectivity index (χ0n) is 18.5. The van der Waals surface area contributed by atoms with Crippen LogP contribution in [0.15, 0.2) is 82.7 Å². The number of carbonyl (C=O) groups is 3. The number of carboxylic acids is 2. The second-order valence-electron chi connectivity index (χ2n) is 7.51. The molecule has 1 saturated heterocycles. The molecule has 1 heterocycles. The number of aliphatic imine (C=N–C) groups is 1. The highest BCUT2D eigenvalue weighted by molar-refractivity contribution is 8.18. The molecule has 4 rings (SSSR count). The van der Waals surface area contributed by atoms with Gasteiger partial charge in [0.2, 0.25) is 0 Å². The van der Waals surface area contributed by atoms with Crippen molar-refractivity contribution in [1.29, 1.82) is 0 Å². The molecule has 3 aromatic carbocycles. The predicted octanol–water partition coefficient (Wildman–Crippen LogP) is 2.23. The van der Waals surface area contributed by atoms with Crippen LogP contribution < -0.4 is 14.9 Å². The van der Waals surface area contributed by atoms with Crippen molar-refractivity contribution in [1.82, 2.24) is 4.90 Å². The minimum absolute atomic E-state index is 0.0458. The topological polar surface area (TPSA) is 122 Å². The summed E-state index contributed by atoms with van der Waals surface area (Å²) in [5.41, 5.74) is 2.12. The molecule has 0 aromatic heterocycles. The van der Waals surface area contributed by atoms with Crippen LogP contribution in [0.25, 0.3) is 6.08 Å². The number of amides is 1. The molecule has 1 amide bonds. The smallest absolute Gasteiger partial charge is 0.266 e. The minimum Gasteiger partial charge on any atom is -0.545 e. The van der Waals surface area contributed by atoms with Gasteiger partial charge in [0.1, 0.15) is 12.4 Å². The summed E-state index contributed by atoms with van der Waals surface area (Å²) in [6, 6.07) is 19.3. The molecule has 9 heteroatoms. The van der Waals surface area contributed by atoms with Crippen LogP contribution in [0.5, 0.6) is 5.75 Å². The summed E-state index contributed by atoms with van der Waals surface area (Å²) in [6.45, 7) is 0.211. The number of benzene rings is 3. The van der Waals surface area contributed by atoms with Crippen LogP contribution in [0.4, 0.5) is 5.69 Å². The molecular formula is C26H18N2O6S-2. The first-order valence-electron chi connectivity index (χ1n) is 10.4. The van der Waals surface area contributed by atoms with Gasteiger partial charge in [0.25, 0.3) is 5.91 Å². The Hall–Kier alpha value is -4.37. The van der Waals surface area contributed by atoms with E-state index in [0.29, 0.717) is 27.1 Å². The Morgan fingerprint density at radius 3 is 2.17 bits per heavy atom. The molecule has 176 valence electrons. The summed E-state index contributed by atoms with van der Waals surface area (Å²) in [4.78, 5) is 40.9. The second-order valence-corrected chi connectivity index (χ2v) is 8.52. The molecule has 0 N–H and O–H groups in total. The van der Waals surface area contributed by atoms with Crippen LogP contribution in [0.3, 0.4) is 0 Å². The molecular weight excluding hydrogens is 468 g/mol. The molecule has 0 spiro atoms. The highest BCUT2D eigenvalue weighted by Gasteiger charge is 2.30. The van der Waals surface area contributed by atoms with Crippen molar-refractivity contribution in [2.24, 2.45) is 4.99 Å². The first-order chi connectivity index (χ1) is 16.8. The van der Waals surface area contributed by atoms with E-state index in [0.717, 1.165) is 5.56 Å². The van der Waals surface area contributed by atoms with E-state index in [-0.39, 0.29) is 23.6 Å². The van der Waals surface area contributed by atoms with Crippen LogP contribution in [0, 0.1) is 0 Å². The predicted molar refractivity (Wildman–Crippen MR) is 128 cm³/mol. The van der Waals surface area contributed by atoms with Gasteiger partial charge in [0.15, 0.2) is 5.17 Å². The maximum absolute atomic E-state index is 12.8. The standard InChI is InChI=1S/C26H20N2O6S/c1-28-23(29)22(35-26(28)27-20-12-10-18(11-13-20)25(32)33)14-19-4-2-3-5-21(19)34-15-16-6-8-17(9-7-16)24(30)31/h2-14H,15H2,1H3,(H,30,31)(H,32,33)/p-2/b22-14-,27-26?. The van der Waals surface area contributed by atoms with E-state index in [1.807, 2.05) is 18.2 Å². The third kappa shape index (κ3) is 5.59. The number of thioether (sulfide) groups is 1. The van der Waals surface area contributed by atoms with Gasteiger partial charge in [-0.15, -0.1) is 0 Å². The number of amidine groups is 1. The third-order valence-corrected chi connectivity index (χ3v) is 6.18. The number of rotatable bonds is 7. The van der Waals surface area contributed by atoms with E-state index in [1.54, 1.807) is 43.5 Å². The van der Waals surface area contributed by atoms with Crippen LogP contribution in [-0.4, -0.2) is 35.0 Å². The van der Waals surface area contributed by atoms with Crippen LogP contribution in [-0.2, 0) is 11.4 Å². The number of likely N-dealkylation sites (N-methyl/N-ethyl adjacent to an activating group) is 1. The zero-order chi connectivity index (χ0) is 24.9. The quantitative estimate of drug-likeness (QED) is 0.469. The normalized spacial score (nSPS) is 15.6. The monoisotopic (exact) mass is 486 g/mol. The number of ether oxygens (including phenoxy) is 1. The lowest BCUT2D eigenvalue weighted by molar-refractivity contribution is -0.256. The first kappa shape index (κ1) is 23.8. The van der Waals surface area contributed by atoms with Gasteiger partial charge in [-0.05, 0) is 52.7 Å². The van der Waals surface area contributed by atoms with E-state index < -0.39 is 11.9 Å². The Bertz CT molecular complexity index is 1350. The number of nitrogens with zero attached hydrogens (tertiary/aromatic N) is 2. The SMILES string of the molecule is CN1C(=O)/C(=C/c2ccccc2OCc2ccc(C(=O)[O-])cc2)SC1=Nc1ccc(C(=O)[O-])cc1. The lowest BCUT2D eigenvalue weighted by atomic mass is 10.1. The van der Waals surface area contributed by atoms with Gasteiger partial charge in [-0.3, -0.25) is 9.69 Å². The lowest BCUT2D eigenvalue weighted by Crippen LogP contribution is -2.23. The van der Waals surface area contributed by atoms with Gasteiger partial charge < -0.3 is 24.5 Å². The van der Waals surface area contributed by atoms with Crippen LogP contribution in [0.2, 0.25) is 0 Å². The van der Waals surface area contributed by atoms with Crippen molar-refractivity contribution < 1.29 is 29.3 Å². The molecule has 0 atom stereocenters. The molecule has 35 heavy (non-hydrogen) atoms. The van der Waals surface area contributed by atoms with Crippen LogP contribution >= 0.6 is 11.8 Å². The summed E-state index contributed by atoms with van der Waals surface area (Å²) >= 11 is 1.20. The number of hydrogen-bond acceptors (Lipinski definition) is 8. The molecule has 0 aliphatic carbocycles. The van der Waals surface area contributed by atoms with Crippen molar-refractivity contribution in [2.75, 3.05) is 7.05 Å². The third-order valence-electron chi connectivity index (χ3n) is 5.12. The van der Waals surface area contributed by atoms with Gasteiger partial charge in [0, 0.05) is 12.6 Å². The van der Waals surface area contributed by atoms with E-state index in [4.69, 9.17) is 4.74 Å². The van der Waals surface area contributed by atoms with Gasteiger partial charge in [-0.1, -0.05) is 54.6 Å². The Morgan fingerprint density at radius 2 is 1.54 bits per heavy atom. The fourth-order valence-corrected chi connectivity index (χ4v) is 4.18. The molecule has 0 bridgehead atoms. The molecule has 1 aliphatic heterocycles. The fourth-order valence-electron chi connectivity index (χ4n) is 3.20. The Morgan fingerprint density at radius 1 is 0.943 bits per heavy atom. The molecule has 0 radical (unpaired) electrons. The second kappa shape index (κ2) is 10.3. The molecule has 0 saturated carbocycles. The highest BCUT2D eigenvalue weighted by atomic mass is 32.2. The summed E-state index contributed by atoms with van der Waals surface area (Å²) < 4.78 is 5.92. The average Bonchev–Trinajstić information content (AvgIpc) is 3.11. The van der Waals surface area contributed by atoms with Crippen LogP contribution in [0.1, 0.15) is 31.8 Å². The summed E-state index contributed by atoms with van der Waals surface area (Å²) in [6.07, 6.45) is 1.72. The Kier molecular flexibility index (Phi) is 6.98. The van der Waals surface area contributed by atoms with Crippen molar-refractivity contribution >= 4 is 46.5 Å². The molecule has 8 nitrogen and oxygen atoms in total. The zero-order valence-corrected chi connectivity index (χ0v) is 19.3.